The zero-order valence-electron chi connectivity index (χ0n) is 63.5. The molecule has 19 heteroatoms. The van der Waals surface area contributed by atoms with Crippen LogP contribution in [-0.2, 0) is 65.4 Å². The maximum absolute atomic E-state index is 13.1. The molecular weight excluding hydrogens is 1270 g/mol. The van der Waals surface area contributed by atoms with Gasteiger partial charge in [0.25, 0.3) is 0 Å². The van der Waals surface area contributed by atoms with Crippen LogP contribution in [0.4, 0.5) is 0 Å². The number of phosphoric acid groups is 2. The lowest BCUT2D eigenvalue weighted by atomic mass is 9.99. The fourth-order valence-electron chi connectivity index (χ4n) is 11.9. The molecule has 0 rings (SSSR count). The molecule has 0 aliphatic rings. The second-order valence-electron chi connectivity index (χ2n) is 29.3. The Hall–Kier alpha value is -1.94. The van der Waals surface area contributed by atoms with Gasteiger partial charge < -0.3 is 33.8 Å². The van der Waals surface area contributed by atoms with Gasteiger partial charge in [0.05, 0.1) is 26.4 Å². The monoisotopic (exact) mass is 1420 g/mol. The molecular formula is C78H152O17P2. The summed E-state index contributed by atoms with van der Waals surface area (Å²) in [6.45, 7) is 11.9. The van der Waals surface area contributed by atoms with Crippen molar-refractivity contribution in [2.45, 2.75) is 420 Å². The lowest BCUT2D eigenvalue weighted by molar-refractivity contribution is -0.161. The molecule has 0 fully saturated rings. The topological polar surface area (TPSA) is 237 Å². The number of aliphatic hydroxyl groups excluding tert-OH is 1. The van der Waals surface area contributed by atoms with Crippen molar-refractivity contribution in [3.8, 4) is 0 Å². The Morgan fingerprint density at radius 3 is 0.784 bits per heavy atom. The van der Waals surface area contributed by atoms with Crippen molar-refractivity contribution >= 4 is 39.5 Å². The highest BCUT2D eigenvalue weighted by molar-refractivity contribution is 7.47. The summed E-state index contributed by atoms with van der Waals surface area (Å²) in [5, 5.41) is 10.6. The van der Waals surface area contributed by atoms with Gasteiger partial charge in [0.15, 0.2) is 12.2 Å². The quantitative estimate of drug-likeness (QED) is 0.0222. The van der Waals surface area contributed by atoms with Crippen molar-refractivity contribution in [1.82, 2.24) is 0 Å². The zero-order valence-corrected chi connectivity index (χ0v) is 65.3. The first-order valence-corrected chi connectivity index (χ1v) is 43.4. The van der Waals surface area contributed by atoms with E-state index in [0.717, 1.165) is 108 Å². The van der Waals surface area contributed by atoms with E-state index in [2.05, 4.69) is 48.5 Å². The highest BCUT2D eigenvalue weighted by Gasteiger charge is 2.30. The molecule has 3 unspecified atom stereocenters. The first-order valence-electron chi connectivity index (χ1n) is 40.4. The largest absolute Gasteiger partial charge is 0.472 e. The molecule has 17 nitrogen and oxygen atoms in total. The fourth-order valence-corrected chi connectivity index (χ4v) is 13.5. The van der Waals surface area contributed by atoms with E-state index in [0.29, 0.717) is 25.7 Å². The van der Waals surface area contributed by atoms with Crippen LogP contribution in [0, 0.1) is 17.8 Å². The van der Waals surface area contributed by atoms with Gasteiger partial charge in [0.2, 0.25) is 0 Å². The van der Waals surface area contributed by atoms with E-state index in [9.17, 15) is 43.2 Å². The molecule has 97 heavy (non-hydrogen) atoms. The van der Waals surface area contributed by atoms with Crippen molar-refractivity contribution in [3.63, 3.8) is 0 Å². The predicted molar refractivity (Wildman–Crippen MR) is 395 cm³/mol. The summed E-state index contributed by atoms with van der Waals surface area (Å²) in [6, 6.07) is 0. The molecule has 0 spiro atoms. The number of hydrogen-bond acceptors (Lipinski definition) is 15. The lowest BCUT2D eigenvalue weighted by Gasteiger charge is -2.21. The van der Waals surface area contributed by atoms with Gasteiger partial charge >= 0.3 is 39.5 Å². The van der Waals surface area contributed by atoms with E-state index in [4.69, 9.17) is 37.0 Å². The van der Waals surface area contributed by atoms with Gasteiger partial charge in [0, 0.05) is 25.7 Å². The third kappa shape index (κ3) is 70.9. The second-order valence-corrected chi connectivity index (χ2v) is 32.2. The normalized spacial score (nSPS) is 14.3. The number of ether oxygens (including phenoxy) is 4. The maximum atomic E-state index is 13.1. The first kappa shape index (κ1) is 95.1. The van der Waals surface area contributed by atoms with Gasteiger partial charge in [-0.25, -0.2) is 9.13 Å². The van der Waals surface area contributed by atoms with Crippen LogP contribution in [0.3, 0.4) is 0 Å². The van der Waals surface area contributed by atoms with Crippen LogP contribution in [0.1, 0.15) is 402 Å². The summed E-state index contributed by atoms with van der Waals surface area (Å²) in [5.74, 6) is 0.155. The van der Waals surface area contributed by atoms with Crippen LogP contribution in [0.25, 0.3) is 0 Å². The van der Waals surface area contributed by atoms with Crippen LogP contribution in [0.5, 0.6) is 0 Å². The lowest BCUT2D eigenvalue weighted by Crippen LogP contribution is -2.30. The minimum atomic E-state index is -4.96. The van der Waals surface area contributed by atoms with E-state index >= 15 is 0 Å². The van der Waals surface area contributed by atoms with Crippen LogP contribution >= 0.6 is 15.6 Å². The Balaban J connectivity index is 5.23. The summed E-state index contributed by atoms with van der Waals surface area (Å²) in [5.41, 5.74) is 0. The standard InChI is InChI=1S/C78H152O17P2/c1-8-10-11-12-13-14-15-16-17-18-19-20-21-22-23-24-31-40-47-54-61-77(82)94-73(65-88-75(80)59-52-45-38-30-26-25-29-37-44-51-58-71(7)9-2)67-92-96(84,85)90-63-72(79)64-91-97(86,87)93-68-74(66-89-76(81)60-53-46-39-34-33-36-43-50-57-70(5)6)95-78(83)62-55-48-41-32-27-28-35-42-49-56-69(3)4/h69-74,79H,8-68H2,1-7H3,(H,84,85)(H,86,87)/t71?,72-,73-,74-/m1/s1. The van der Waals surface area contributed by atoms with Gasteiger partial charge in [-0.2, -0.15) is 0 Å². The van der Waals surface area contributed by atoms with Crippen LogP contribution in [0.15, 0.2) is 0 Å². The average molecular weight is 1420 g/mol. The zero-order chi connectivity index (χ0) is 71.6. The van der Waals surface area contributed by atoms with Gasteiger partial charge in [-0.1, -0.05) is 350 Å². The predicted octanol–water partition coefficient (Wildman–Crippen LogP) is 23.0. The third-order valence-corrected chi connectivity index (χ3v) is 20.4. The molecule has 0 aromatic carbocycles. The number of rotatable bonds is 76. The molecule has 0 bridgehead atoms. The van der Waals surface area contributed by atoms with Crippen LogP contribution in [0.2, 0.25) is 0 Å². The van der Waals surface area contributed by atoms with Gasteiger partial charge in [-0.15, -0.1) is 0 Å². The van der Waals surface area contributed by atoms with Crippen molar-refractivity contribution < 1.29 is 80.2 Å². The Morgan fingerprint density at radius 1 is 0.299 bits per heavy atom. The average Bonchev–Trinajstić information content (AvgIpc) is 1.49. The number of carbonyl (C=O) groups excluding carboxylic acids is 4. The summed E-state index contributed by atoms with van der Waals surface area (Å²) < 4.78 is 68.6. The highest BCUT2D eigenvalue weighted by Crippen LogP contribution is 2.45. The van der Waals surface area contributed by atoms with Crippen molar-refractivity contribution in [3.05, 3.63) is 0 Å². The first-order chi connectivity index (χ1) is 46.8. The molecule has 0 radical (unpaired) electrons. The van der Waals surface area contributed by atoms with Gasteiger partial charge in [-0.05, 0) is 43.4 Å². The van der Waals surface area contributed by atoms with E-state index < -0.39 is 97.5 Å². The highest BCUT2D eigenvalue weighted by atomic mass is 31.2. The van der Waals surface area contributed by atoms with E-state index in [1.165, 1.54) is 212 Å². The Kier molecular flexibility index (Phi) is 67.1. The maximum Gasteiger partial charge on any atom is 0.472 e. The minimum absolute atomic E-state index is 0.105. The Bertz CT molecular complexity index is 1890. The Morgan fingerprint density at radius 2 is 0.526 bits per heavy atom. The van der Waals surface area contributed by atoms with E-state index in [1.807, 2.05) is 0 Å². The molecule has 0 saturated heterocycles. The van der Waals surface area contributed by atoms with Crippen molar-refractivity contribution in [1.29, 1.82) is 0 Å². The van der Waals surface area contributed by atoms with E-state index in [-0.39, 0.29) is 25.7 Å². The molecule has 0 amide bonds. The number of carbonyl (C=O) groups is 4. The molecule has 0 aromatic heterocycles. The smallest absolute Gasteiger partial charge is 0.462 e. The van der Waals surface area contributed by atoms with E-state index in [1.54, 1.807) is 0 Å². The van der Waals surface area contributed by atoms with Gasteiger partial charge in [-0.3, -0.25) is 37.3 Å². The molecule has 0 heterocycles. The van der Waals surface area contributed by atoms with Crippen molar-refractivity contribution in [2.75, 3.05) is 39.6 Å². The number of unbranched alkanes of at least 4 members (excludes halogenated alkanes) is 43. The van der Waals surface area contributed by atoms with Crippen molar-refractivity contribution in [2.24, 2.45) is 17.8 Å². The second kappa shape index (κ2) is 68.5. The summed E-state index contributed by atoms with van der Waals surface area (Å²) >= 11 is 0. The third-order valence-electron chi connectivity index (χ3n) is 18.5. The molecule has 0 aliphatic heterocycles. The number of aliphatic hydroxyl groups is 1. The van der Waals surface area contributed by atoms with Crippen LogP contribution < -0.4 is 0 Å². The molecule has 3 N–H and O–H groups in total. The summed E-state index contributed by atoms with van der Waals surface area (Å²) in [4.78, 5) is 72.9. The number of esters is 4. The SMILES string of the molecule is CCCCCCCCCCCCCCCCCCCCCCC(=O)O[C@H](COC(=O)CCCCCCCCCCCCC(C)CC)COP(=O)(O)OC[C@@H](O)COP(=O)(O)OC[C@@H](COC(=O)CCCCCCCCCCC(C)C)OC(=O)CCCCCCCCCCCC(C)C. The molecule has 0 aromatic rings. The minimum Gasteiger partial charge on any atom is -0.462 e. The Labute approximate surface area is 594 Å². The number of phosphoric ester groups is 2. The number of hydrogen-bond donors (Lipinski definition) is 3. The molecule has 0 aliphatic carbocycles. The summed E-state index contributed by atoms with van der Waals surface area (Å²) in [7, 11) is -9.92. The molecule has 6 atom stereocenters. The molecule has 0 saturated carbocycles. The van der Waals surface area contributed by atoms with Gasteiger partial charge in [0.1, 0.15) is 19.3 Å². The van der Waals surface area contributed by atoms with Crippen LogP contribution in [-0.4, -0.2) is 96.7 Å². The molecule has 576 valence electrons. The summed E-state index contributed by atoms with van der Waals surface area (Å²) in [6.07, 6.45) is 55.6. The fraction of sp³-hybridized carbons (Fsp3) is 0.949.